The molecule has 0 atom stereocenters. The Kier molecular flexibility index (Phi) is 5.26. The molecule has 2 aromatic carbocycles. The van der Waals surface area contributed by atoms with Gasteiger partial charge in [0.2, 0.25) is 5.88 Å². The van der Waals surface area contributed by atoms with E-state index in [1.54, 1.807) is 6.07 Å². The van der Waals surface area contributed by atoms with Crippen LogP contribution < -0.4 is 4.74 Å². The van der Waals surface area contributed by atoms with Crippen molar-refractivity contribution in [3.63, 3.8) is 0 Å². The van der Waals surface area contributed by atoms with E-state index in [1.807, 2.05) is 32.0 Å². The summed E-state index contributed by atoms with van der Waals surface area (Å²) in [5, 5.41) is 29.7. The van der Waals surface area contributed by atoms with Gasteiger partial charge in [0, 0.05) is 23.8 Å². The van der Waals surface area contributed by atoms with Crippen molar-refractivity contribution in [1.82, 2.24) is 10.2 Å². The first-order chi connectivity index (χ1) is 13.7. The highest BCUT2D eigenvalue weighted by molar-refractivity contribution is 5.92. The van der Waals surface area contributed by atoms with Gasteiger partial charge in [-0.15, -0.1) is 10.2 Å². The number of carbonyl (C=O) groups excluding carboxylic acids is 1. The Morgan fingerprint density at radius 1 is 0.862 bits per heavy atom. The number of rotatable bonds is 5. The van der Waals surface area contributed by atoms with E-state index < -0.39 is 27.2 Å². The third kappa shape index (κ3) is 4.38. The fourth-order valence-electron chi connectivity index (χ4n) is 2.51. The van der Waals surface area contributed by atoms with Crippen molar-refractivity contribution in [2.75, 3.05) is 0 Å². The predicted octanol–water partition coefficient (Wildman–Crippen LogP) is 3.80. The molecule has 10 nitrogen and oxygen atoms in total. The molecule has 0 spiro atoms. The van der Waals surface area contributed by atoms with Gasteiger partial charge in [0.25, 0.3) is 11.4 Å². The van der Waals surface area contributed by atoms with E-state index in [-0.39, 0.29) is 11.4 Å². The first kappa shape index (κ1) is 19.5. The minimum atomic E-state index is -1.02. The van der Waals surface area contributed by atoms with Gasteiger partial charge in [-0.05, 0) is 37.1 Å². The average molecular weight is 394 g/mol. The molecule has 0 unspecified atom stereocenters. The average Bonchev–Trinajstić information content (AvgIpc) is 2.70. The van der Waals surface area contributed by atoms with Gasteiger partial charge in [0.1, 0.15) is 0 Å². The number of nitro groups is 2. The summed E-state index contributed by atoms with van der Waals surface area (Å²) in [7, 11) is 0. The summed E-state index contributed by atoms with van der Waals surface area (Å²) in [6, 6.07) is 11.4. The summed E-state index contributed by atoms with van der Waals surface area (Å²) >= 11 is 0. The Morgan fingerprint density at radius 2 is 1.52 bits per heavy atom. The summed E-state index contributed by atoms with van der Waals surface area (Å²) in [5.41, 5.74) is 2.10. The molecule has 29 heavy (non-hydrogen) atoms. The molecule has 3 rings (SSSR count). The maximum absolute atomic E-state index is 12.3. The highest BCUT2D eigenvalue weighted by atomic mass is 16.6. The first-order valence-corrected chi connectivity index (χ1v) is 8.32. The molecule has 0 radical (unpaired) electrons. The number of aryl methyl sites for hydroxylation is 2. The molecule has 0 aliphatic rings. The second-order valence-electron chi connectivity index (χ2n) is 6.20. The molecular weight excluding hydrogens is 380 g/mol. The van der Waals surface area contributed by atoms with Gasteiger partial charge in [-0.3, -0.25) is 20.2 Å². The van der Waals surface area contributed by atoms with Gasteiger partial charge in [0.05, 0.1) is 27.2 Å². The Morgan fingerprint density at radius 3 is 2.03 bits per heavy atom. The molecule has 3 aromatic rings. The molecule has 146 valence electrons. The van der Waals surface area contributed by atoms with Crippen molar-refractivity contribution >= 4 is 17.3 Å². The topological polar surface area (TPSA) is 138 Å². The van der Waals surface area contributed by atoms with Crippen molar-refractivity contribution in [2.45, 2.75) is 13.8 Å². The largest absolute Gasteiger partial charge is 0.402 e. The van der Waals surface area contributed by atoms with Gasteiger partial charge in [-0.1, -0.05) is 12.1 Å². The summed E-state index contributed by atoms with van der Waals surface area (Å²) < 4.78 is 5.05. The molecule has 0 aliphatic heterocycles. The third-order valence-electron chi connectivity index (χ3n) is 4.20. The number of nitrogens with zero attached hydrogens (tertiary/aromatic N) is 4. The lowest BCUT2D eigenvalue weighted by Gasteiger charge is -2.06. The smallest absolute Gasteiger partial charge is 0.345 e. The van der Waals surface area contributed by atoms with Crippen LogP contribution in [0, 0.1) is 34.1 Å². The quantitative estimate of drug-likeness (QED) is 0.362. The number of carbonyl (C=O) groups is 1. The van der Waals surface area contributed by atoms with Gasteiger partial charge in [0.15, 0.2) is 0 Å². The zero-order valence-corrected chi connectivity index (χ0v) is 15.4. The van der Waals surface area contributed by atoms with Crippen molar-refractivity contribution in [2.24, 2.45) is 0 Å². The monoisotopic (exact) mass is 394 g/mol. The van der Waals surface area contributed by atoms with Crippen LogP contribution in [-0.2, 0) is 0 Å². The molecule has 0 amide bonds. The summed E-state index contributed by atoms with van der Waals surface area (Å²) in [6.07, 6.45) is 0. The Labute approximate surface area is 164 Å². The fourth-order valence-corrected chi connectivity index (χ4v) is 2.51. The van der Waals surface area contributed by atoms with Gasteiger partial charge in [-0.2, -0.15) is 0 Å². The van der Waals surface area contributed by atoms with E-state index in [9.17, 15) is 25.0 Å². The summed E-state index contributed by atoms with van der Waals surface area (Å²) in [5.74, 6) is -1.17. The second kappa shape index (κ2) is 7.80. The van der Waals surface area contributed by atoms with E-state index in [0.29, 0.717) is 5.69 Å². The molecule has 0 saturated heterocycles. The van der Waals surface area contributed by atoms with E-state index in [4.69, 9.17) is 4.74 Å². The van der Waals surface area contributed by atoms with Crippen LogP contribution in [0.5, 0.6) is 5.88 Å². The maximum Gasteiger partial charge on any atom is 0.345 e. The van der Waals surface area contributed by atoms with Crippen LogP contribution in [0.4, 0.5) is 11.4 Å². The van der Waals surface area contributed by atoms with Gasteiger partial charge < -0.3 is 4.74 Å². The lowest BCUT2D eigenvalue weighted by molar-refractivity contribution is -0.394. The Balaban J connectivity index is 1.83. The van der Waals surface area contributed by atoms with Crippen LogP contribution in [-0.4, -0.2) is 26.0 Å². The zero-order valence-electron chi connectivity index (χ0n) is 15.4. The van der Waals surface area contributed by atoms with Crippen molar-refractivity contribution < 1.29 is 19.4 Å². The van der Waals surface area contributed by atoms with E-state index in [0.717, 1.165) is 34.9 Å². The minimum Gasteiger partial charge on any atom is -0.402 e. The third-order valence-corrected chi connectivity index (χ3v) is 4.20. The van der Waals surface area contributed by atoms with Crippen LogP contribution in [0.3, 0.4) is 0 Å². The van der Waals surface area contributed by atoms with Crippen LogP contribution in [0.2, 0.25) is 0 Å². The molecule has 10 heteroatoms. The number of benzene rings is 2. The van der Waals surface area contributed by atoms with E-state index >= 15 is 0 Å². The van der Waals surface area contributed by atoms with Crippen molar-refractivity contribution in [3.8, 4) is 17.1 Å². The zero-order chi connectivity index (χ0) is 21.1. The van der Waals surface area contributed by atoms with Crippen LogP contribution >= 0.6 is 0 Å². The Bertz CT molecular complexity index is 1100. The molecule has 0 saturated carbocycles. The van der Waals surface area contributed by atoms with Crippen LogP contribution in [0.1, 0.15) is 21.5 Å². The highest BCUT2D eigenvalue weighted by Crippen LogP contribution is 2.24. The molecule has 1 heterocycles. The molecule has 0 fully saturated rings. The van der Waals surface area contributed by atoms with Crippen LogP contribution in [0.25, 0.3) is 11.3 Å². The Hall–Kier alpha value is -4.21. The van der Waals surface area contributed by atoms with E-state index in [2.05, 4.69) is 10.2 Å². The minimum absolute atomic E-state index is 0.142. The number of aromatic nitrogens is 2. The fraction of sp³-hybridized carbons (Fsp3) is 0.105. The number of non-ortho nitro benzene ring substituents is 2. The van der Waals surface area contributed by atoms with Gasteiger partial charge >= 0.3 is 5.97 Å². The lowest BCUT2D eigenvalue weighted by atomic mass is 10.0. The maximum atomic E-state index is 12.3. The normalized spacial score (nSPS) is 10.4. The number of hydrogen-bond acceptors (Lipinski definition) is 8. The van der Waals surface area contributed by atoms with E-state index in [1.165, 1.54) is 6.07 Å². The molecule has 0 aliphatic carbocycles. The van der Waals surface area contributed by atoms with Crippen molar-refractivity contribution in [3.05, 3.63) is 85.4 Å². The number of ether oxygens (including phenoxy) is 1. The van der Waals surface area contributed by atoms with Gasteiger partial charge in [-0.25, -0.2) is 4.79 Å². The first-order valence-electron chi connectivity index (χ1n) is 8.32. The number of hydrogen-bond donors (Lipinski definition) is 0. The van der Waals surface area contributed by atoms with Crippen LogP contribution in [0.15, 0.2) is 48.5 Å². The SMILES string of the molecule is Cc1ccc(-c2ccc(OC(=O)c3cc([N+](=O)[O-])cc([N+](=O)[O-])c3)nn2)cc1C. The number of esters is 1. The van der Waals surface area contributed by atoms with Crippen molar-refractivity contribution in [1.29, 1.82) is 0 Å². The lowest BCUT2D eigenvalue weighted by Crippen LogP contribution is -2.11. The predicted molar refractivity (Wildman–Crippen MR) is 102 cm³/mol. The summed E-state index contributed by atoms with van der Waals surface area (Å²) in [6.45, 7) is 3.96. The molecular formula is C19H14N4O6. The standard InChI is InChI=1S/C19H14N4O6/c1-11-3-4-13(7-12(11)2)17-5-6-18(21-20-17)29-19(24)14-8-15(22(25)26)10-16(9-14)23(27)28/h3-10H,1-2H3. The molecule has 0 bridgehead atoms. The second-order valence-corrected chi connectivity index (χ2v) is 6.20. The number of nitro benzene ring substituents is 2. The molecule has 0 N–H and O–H groups in total. The summed E-state index contributed by atoms with van der Waals surface area (Å²) in [4.78, 5) is 32.5. The molecule has 1 aromatic heterocycles. The highest BCUT2D eigenvalue weighted by Gasteiger charge is 2.21.